The first-order valence-electron chi connectivity index (χ1n) is 11.6. The molecule has 0 atom stereocenters. The Hall–Kier alpha value is -3.84. The fourth-order valence-electron chi connectivity index (χ4n) is 4.01. The Balaban J connectivity index is 1.60. The van der Waals surface area contributed by atoms with E-state index in [1.54, 1.807) is 21.1 Å². The van der Waals surface area contributed by atoms with Gasteiger partial charge >= 0.3 is 5.97 Å². The zero-order valence-corrected chi connectivity index (χ0v) is 21.5. The van der Waals surface area contributed by atoms with Gasteiger partial charge in [0.1, 0.15) is 11.5 Å². The number of hydrogen-bond donors (Lipinski definition) is 1. The van der Waals surface area contributed by atoms with Crippen LogP contribution in [0.25, 0.3) is 21.9 Å². The maximum Gasteiger partial charge on any atom is 0.310 e. The molecule has 36 heavy (non-hydrogen) atoms. The highest BCUT2D eigenvalue weighted by atomic mass is 35.5. The van der Waals surface area contributed by atoms with Crippen molar-refractivity contribution < 1.29 is 19.0 Å². The van der Waals surface area contributed by atoms with Gasteiger partial charge in [-0.2, -0.15) is 5.10 Å². The zero-order valence-electron chi connectivity index (χ0n) is 20.7. The molecule has 0 saturated heterocycles. The maximum absolute atomic E-state index is 11.8. The minimum atomic E-state index is -0.292. The third-order valence-corrected chi connectivity index (χ3v) is 6.28. The van der Waals surface area contributed by atoms with E-state index in [1.807, 2.05) is 55.5 Å². The molecule has 0 unspecified atom stereocenters. The fraction of sp³-hybridized carbons (Fsp3) is 0.250. The number of nitrogens with zero attached hydrogens (tertiary/aromatic N) is 2. The standard InChI is InChI=1S/C28H28ClN3O4/c1-5-36-27(33)14-20-7-6-19(13-25(20)29)18-9-11-23-24(12-18)17(2)31-32-28(23)30-16-21-8-10-22(34-3)15-26(21)35-4/h6-13,15H,5,14,16H2,1-4H3,(H,30,32). The number of methoxy groups -OCH3 is 2. The Morgan fingerprint density at radius 1 is 0.917 bits per heavy atom. The molecule has 1 N–H and O–H groups in total. The molecule has 4 rings (SSSR count). The highest BCUT2D eigenvalue weighted by Crippen LogP contribution is 2.32. The number of esters is 1. The number of halogens is 1. The van der Waals surface area contributed by atoms with Gasteiger partial charge in [-0.3, -0.25) is 4.79 Å². The van der Waals surface area contributed by atoms with Crippen molar-refractivity contribution in [2.24, 2.45) is 0 Å². The predicted octanol–water partition coefficient (Wildman–Crippen LogP) is 5.99. The normalized spacial score (nSPS) is 10.8. The van der Waals surface area contributed by atoms with Crippen LogP contribution in [0.5, 0.6) is 11.5 Å². The third-order valence-electron chi connectivity index (χ3n) is 5.93. The van der Waals surface area contributed by atoms with Crippen LogP contribution < -0.4 is 14.8 Å². The van der Waals surface area contributed by atoms with E-state index in [4.69, 9.17) is 25.8 Å². The van der Waals surface area contributed by atoms with Crippen LogP contribution in [0, 0.1) is 6.92 Å². The molecule has 0 spiro atoms. The summed E-state index contributed by atoms with van der Waals surface area (Å²) in [5.41, 5.74) is 4.48. The Morgan fingerprint density at radius 2 is 1.67 bits per heavy atom. The average Bonchev–Trinajstić information content (AvgIpc) is 2.89. The summed E-state index contributed by atoms with van der Waals surface area (Å²) in [4.78, 5) is 11.8. The second kappa shape index (κ2) is 11.3. The number of aryl methyl sites for hydroxylation is 1. The molecule has 4 aromatic rings. The Morgan fingerprint density at radius 3 is 2.39 bits per heavy atom. The predicted molar refractivity (Wildman–Crippen MR) is 142 cm³/mol. The monoisotopic (exact) mass is 505 g/mol. The van der Waals surface area contributed by atoms with Gasteiger partial charge in [-0.25, -0.2) is 0 Å². The largest absolute Gasteiger partial charge is 0.497 e. The van der Waals surface area contributed by atoms with Crippen LogP contribution in [0.4, 0.5) is 5.82 Å². The Labute approximate surface area is 215 Å². The van der Waals surface area contributed by atoms with Crippen LogP contribution in [0.3, 0.4) is 0 Å². The van der Waals surface area contributed by atoms with Crippen LogP contribution in [0.2, 0.25) is 5.02 Å². The molecule has 186 valence electrons. The first kappa shape index (κ1) is 25.3. The van der Waals surface area contributed by atoms with Crippen molar-refractivity contribution in [3.8, 4) is 22.6 Å². The van der Waals surface area contributed by atoms with Gasteiger partial charge in [-0.1, -0.05) is 29.8 Å². The molecule has 1 aromatic heterocycles. The number of nitrogens with one attached hydrogen (secondary N) is 1. The van der Waals surface area contributed by atoms with E-state index >= 15 is 0 Å². The van der Waals surface area contributed by atoms with Crippen molar-refractivity contribution in [3.63, 3.8) is 0 Å². The molecule has 0 amide bonds. The average molecular weight is 506 g/mol. The number of fused-ring (bicyclic) bond motifs is 1. The van der Waals surface area contributed by atoms with Gasteiger partial charge in [0.25, 0.3) is 0 Å². The lowest BCUT2D eigenvalue weighted by Crippen LogP contribution is -2.07. The molecule has 7 nitrogen and oxygen atoms in total. The van der Waals surface area contributed by atoms with E-state index in [2.05, 4.69) is 21.6 Å². The molecule has 0 bridgehead atoms. The maximum atomic E-state index is 11.8. The summed E-state index contributed by atoms with van der Waals surface area (Å²) in [5, 5.41) is 14.6. The number of rotatable bonds is 9. The third kappa shape index (κ3) is 5.52. The van der Waals surface area contributed by atoms with Crippen molar-refractivity contribution in [1.82, 2.24) is 10.2 Å². The van der Waals surface area contributed by atoms with Gasteiger partial charge in [0.2, 0.25) is 0 Å². The van der Waals surface area contributed by atoms with E-state index in [-0.39, 0.29) is 12.4 Å². The summed E-state index contributed by atoms with van der Waals surface area (Å²) in [6.07, 6.45) is 0.146. The lowest BCUT2D eigenvalue weighted by atomic mass is 9.99. The highest BCUT2D eigenvalue weighted by molar-refractivity contribution is 6.31. The van der Waals surface area contributed by atoms with Crippen molar-refractivity contribution >= 4 is 34.2 Å². The topological polar surface area (TPSA) is 82.6 Å². The second-order valence-electron chi connectivity index (χ2n) is 8.21. The number of aromatic nitrogens is 2. The minimum absolute atomic E-state index is 0.146. The first-order valence-corrected chi connectivity index (χ1v) is 12.0. The first-order chi connectivity index (χ1) is 17.4. The summed E-state index contributed by atoms with van der Waals surface area (Å²) in [6.45, 7) is 4.58. The summed E-state index contributed by atoms with van der Waals surface area (Å²) in [6, 6.07) is 17.5. The molecule has 3 aromatic carbocycles. The van der Waals surface area contributed by atoms with E-state index in [0.717, 1.165) is 50.2 Å². The minimum Gasteiger partial charge on any atom is -0.497 e. The number of hydrogen-bond acceptors (Lipinski definition) is 7. The quantitative estimate of drug-likeness (QED) is 0.279. The van der Waals surface area contributed by atoms with Crippen molar-refractivity contribution in [2.45, 2.75) is 26.8 Å². The van der Waals surface area contributed by atoms with Crippen LogP contribution in [0.1, 0.15) is 23.7 Å². The van der Waals surface area contributed by atoms with Crippen LogP contribution in [0.15, 0.2) is 54.6 Å². The SMILES string of the molecule is CCOC(=O)Cc1ccc(-c2ccc3c(NCc4ccc(OC)cc4OC)nnc(C)c3c2)cc1Cl. The Kier molecular flexibility index (Phi) is 7.90. The number of carbonyl (C=O) groups excluding carboxylic acids is 1. The molecule has 0 radical (unpaired) electrons. The molecule has 1 heterocycles. The van der Waals surface area contributed by atoms with E-state index in [1.165, 1.54) is 0 Å². The zero-order chi connectivity index (χ0) is 25.7. The number of carbonyl (C=O) groups is 1. The van der Waals surface area contributed by atoms with E-state index in [9.17, 15) is 4.79 Å². The summed E-state index contributed by atoms with van der Waals surface area (Å²) in [7, 11) is 3.26. The summed E-state index contributed by atoms with van der Waals surface area (Å²) < 4.78 is 15.8. The van der Waals surface area contributed by atoms with Crippen LogP contribution >= 0.6 is 11.6 Å². The van der Waals surface area contributed by atoms with Gasteiger partial charge in [0.05, 0.1) is 32.9 Å². The molecular weight excluding hydrogens is 478 g/mol. The molecule has 0 aliphatic carbocycles. The summed E-state index contributed by atoms with van der Waals surface area (Å²) >= 11 is 6.48. The number of benzene rings is 3. The van der Waals surface area contributed by atoms with E-state index in [0.29, 0.717) is 24.0 Å². The molecule has 0 fully saturated rings. The van der Waals surface area contributed by atoms with Gasteiger partial charge in [0, 0.05) is 34.0 Å². The highest BCUT2D eigenvalue weighted by Gasteiger charge is 2.13. The summed E-state index contributed by atoms with van der Waals surface area (Å²) in [5.74, 6) is 1.86. The van der Waals surface area contributed by atoms with E-state index < -0.39 is 0 Å². The molecule has 8 heteroatoms. The fourth-order valence-corrected chi connectivity index (χ4v) is 4.25. The number of anilines is 1. The lowest BCUT2D eigenvalue weighted by Gasteiger charge is -2.14. The van der Waals surface area contributed by atoms with Crippen LogP contribution in [-0.4, -0.2) is 37.0 Å². The van der Waals surface area contributed by atoms with Gasteiger partial charge in [-0.15, -0.1) is 5.10 Å². The number of ether oxygens (including phenoxy) is 3. The Bertz CT molecular complexity index is 1410. The lowest BCUT2D eigenvalue weighted by molar-refractivity contribution is -0.142. The van der Waals surface area contributed by atoms with Crippen molar-refractivity contribution in [1.29, 1.82) is 0 Å². The van der Waals surface area contributed by atoms with Gasteiger partial charge in [-0.05, 0) is 60.9 Å². The van der Waals surface area contributed by atoms with Crippen molar-refractivity contribution in [2.75, 3.05) is 26.1 Å². The van der Waals surface area contributed by atoms with Gasteiger partial charge in [0.15, 0.2) is 5.82 Å². The van der Waals surface area contributed by atoms with Crippen LogP contribution in [-0.2, 0) is 22.5 Å². The molecule has 0 aliphatic rings. The van der Waals surface area contributed by atoms with Gasteiger partial charge < -0.3 is 19.5 Å². The van der Waals surface area contributed by atoms with Crippen molar-refractivity contribution in [3.05, 3.63) is 76.4 Å². The molecule has 0 aliphatic heterocycles. The smallest absolute Gasteiger partial charge is 0.310 e. The molecule has 0 saturated carbocycles. The molecular formula is C28H28ClN3O4. The second-order valence-corrected chi connectivity index (χ2v) is 8.62.